The molecule has 0 bridgehead atoms. The molecule has 170 valence electrons. The number of piperidine rings is 1. The third kappa shape index (κ3) is 5.09. The largest absolute Gasteiger partial charge is 0.352 e. The summed E-state index contributed by atoms with van der Waals surface area (Å²) >= 11 is 1.41. The van der Waals surface area contributed by atoms with E-state index in [9.17, 15) is 18.0 Å². The molecule has 4 rings (SSSR count). The van der Waals surface area contributed by atoms with Crippen LogP contribution < -0.4 is 11.0 Å². The lowest BCUT2D eigenvalue weighted by molar-refractivity contribution is -0.122. The number of thiophene rings is 1. The number of nitrogens with one attached hydrogen (secondary N) is 1. The summed E-state index contributed by atoms with van der Waals surface area (Å²) in [5, 5.41) is 10.2. The molecule has 0 radical (unpaired) electrons. The second kappa shape index (κ2) is 9.25. The summed E-state index contributed by atoms with van der Waals surface area (Å²) in [5.74, 6) is 0.102. The molecule has 2 aromatic heterocycles. The SMILES string of the molecule is CS(=O)(=O)N1CCCC(c2nn(CC(=O)NC3CCCCC3)c(=O)n2-c2cccs2)C1. The first-order valence-electron chi connectivity index (χ1n) is 10.8. The number of amides is 1. The minimum Gasteiger partial charge on any atom is -0.352 e. The van der Waals surface area contributed by atoms with Crippen LogP contribution in [-0.2, 0) is 21.4 Å². The predicted octanol–water partition coefficient (Wildman–Crippen LogP) is 1.68. The van der Waals surface area contributed by atoms with Crippen molar-refractivity contribution in [3.05, 3.63) is 33.8 Å². The molecule has 11 heteroatoms. The van der Waals surface area contributed by atoms with Gasteiger partial charge in [-0.3, -0.25) is 4.79 Å². The fourth-order valence-electron chi connectivity index (χ4n) is 4.51. The standard InChI is InChI=1S/C20H29N5O4S2/c1-31(28,29)23-11-5-7-15(13-23)19-22-24(20(27)25(19)18-10-6-12-30-18)14-17(26)21-16-8-3-2-4-9-16/h6,10,12,15-16H,2-5,7-9,11,13-14H2,1H3,(H,21,26). The van der Waals surface area contributed by atoms with Crippen LogP contribution in [0.1, 0.15) is 56.7 Å². The molecular weight excluding hydrogens is 438 g/mol. The highest BCUT2D eigenvalue weighted by Crippen LogP contribution is 2.28. The van der Waals surface area contributed by atoms with Gasteiger partial charge in [0.15, 0.2) is 0 Å². The number of carbonyl (C=O) groups is 1. The van der Waals surface area contributed by atoms with E-state index in [0.717, 1.165) is 37.1 Å². The molecule has 1 aliphatic heterocycles. The van der Waals surface area contributed by atoms with Gasteiger partial charge in [0.25, 0.3) is 0 Å². The summed E-state index contributed by atoms with van der Waals surface area (Å²) < 4.78 is 28.3. The van der Waals surface area contributed by atoms with Crippen molar-refractivity contribution < 1.29 is 13.2 Å². The zero-order chi connectivity index (χ0) is 22.0. The van der Waals surface area contributed by atoms with Gasteiger partial charge in [-0.15, -0.1) is 11.3 Å². The van der Waals surface area contributed by atoms with E-state index in [1.165, 1.54) is 37.6 Å². The Hall–Kier alpha value is -1.98. The van der Waals surface area contributed by atoms with Gasteiger partial charge in [0.05, 0.1) is 6.26 Å². The molecular formula is C20H29N5O4S2. The van der Waals surface area contributed by atoms with E-state index < -0.39 is 10.0 Å². The van der Waals surface area contributed by atoms with Gasteiger partial charge in [-0.25, -0.2) is 26.8 Å². The maximum atomic E-state index is 13.2. The van der Waals surface area contributed by atoms with E-state index in [-0.39, 0.29) is 36.6 Å². The van der Waals surface area contributed by atoms with Crippen molar-refractivity contribution >= 4 is 27.3 Å². The van der Waals surface area contributed by atoms with Crippen LogP contribution in [-0.4, -0.2) is 58.4 Å². The van der Waals surface area contributed by atoms with Crippen molar-refractivity contribution in [2.75, 3.05) is 19.3 Å². The van der Waals surface area contributed by atoms with Gasteiger partial charge in [-0.05, 0) is 43.2 Å². The number of sulfonamides is 1. The normalized spacial score (nSPS) is 21.3. The zero-order valence-electron chi connectivity index (χ0n) is 17.7. The fourth-order valence-corrected chi connectivity index (χ4v) is 6.15. The Morgan fingerprint density at radius 1 is 1.23 bits per heavy atom. The van der Waals surface area contributed by atoms with Crippen LogP contribution in [0.2, 0.25) is 0 Å². The van der Waals surface area contributed by atoms with Crippen molar-refractivity contribution in [1.82, 2.24) is 24.0 Å². The number of hydrogen-bond donors (Lipinski definition) is 1. The lowest BCUT2D eigenvalue weighted by Gasteiger charge is -2.30. The van der Waals surface area contributed by atoms with Crippen LogP contribution >= 0.6 is 11.3 Å². The van der Waals surface area contributed by atoms with Crippen LogP contribution in [0.25, 0.3) is 5.00 Å². The van der Waals surface area contributed by atoms with Crippen LogP contribution in [0.4, 0.5) is 0 Å². The average molecular weight is 468 g/mol. The first kappa shape index (κ1) is 22.2. The van der Waals surface area contributed by atoms with Gasteiger partial charge < -0.3 is 5.32 Å². The molecule has 2 fully saturated rings. The Labute approximate surface area is 186 Å². The lowest BCUT2D eigenvalue weighted by Crippen LogP contribution is -2.40. The highest BCUT2D eigenvalue weighted by Gasteiger charge is 2.32. The van der Waals surface area contributed by atoms with Crippen molar-refractivity contribution in [2.24, 2.45) is 0 Å². The zero-order valence-corrected chi connectivity index (χ0v) is 19.3. The maximum absolute atomic E-state index is 13.2. The summed E-state index contributed by atoms with van der Waals surface area (Å²) in [7, 11) is -3.32. The number of rotatable bonds is 6. The number of nitrogens with zero attached hydrogens (tertiary/aromatic N) is 4. The molecule has 1 atom stereocenters. The molecule has 0 spiro atoms. The van der Waals surface area contributed by atoms with Gasteiger partial charge in [0.1, 0.15) is 17.4 Å². The van der Waals surface area contributed by atoms with Crippen molar-refractivity contribution in [2.45, 2.75) is 63.5 Å². The van der Waals surface area contributed by atoms with Gasteiger partial charge in [0.2, 0.25) is 15.9 Å². The molecule has 1 unspecified atom stereocenters. The predicted molar refractivity (Wildman–Crippen MR) is 119 cm³/mol. The maximum Gasteiger partial charge on any atom is 0.351 e. The van der Waals surface area contributed by atoms with Crippen LogP contribution in [0, 0.1) is 0 Å². The van der Waals surface area contributed by atoms with Crippen LogP contribution in [0.3, 0.4) is 0 Å². The highest BCUT2D eigenvalue weighted by molar-refractivity contribution is 7.88. The van der Waals surface area contributed by atoms with Gasteiger partial charge >= 0.3 is 5.69 Å². The number of hydrogen-bond acceptors (Lipinski definition) is 6. The Bertz CT molecular complexity index is 1070. The monoisotopic (exact) mass is 467 g/mol. The molecule has 1 saturated heterocycles. The van der Waals surface area contributed by atoms with E-state index in [4.69, 9.17) is 0 Å². The minimum atomic E-state index is -3.32. The smallest absolute Gasteiger partial charge is 0.351 e. The molecule has 0 aromatic carbocycles. The number of aromatic nitrogens is 3. The average Bonchev–Trinajstić information content (AvgIpc) is 3.37. The molecule has 2 aliphatic rings. The second-order valence-corrected chi connectivity index (χ2v) is 11.4. The highest BCUT2D eigenvalue weighted by atomic mass is 32.2. The molecule has 31 heavy (non-hydrogen) atoms. The van der Waals surface area contributed by atoms with Crippen LogP contribution in [0.5, 0.6) is 0 Å². The molecule has 3 heterocycles. The first-order valence-corrected chi connectivity index (χ1v) is 13.5. The van der Waals surface area contributed by atoms with Gasteiger partial charge in [0, 0.05) is 25.0 Å². The van der Waals surface area contributed by atoms with E-state index in [0.29, 0.717) is 18.8 Å². The van der Waals surface area contributed by atoms with E-state index in [1.807, 2.05) is 17.5 Å². The number of carbonyl (C=O) groups excluding carboxylic acids is 1. The quantitative estimate of drug-likeness (QED) is 0.696. The third-order valence-corrected chi connectivity index (χ3v) is 8.20. The molecule has 1 saturated carbocycles. The minimum absolute atomic E-state index is 0.136. The van der Waals surface area contributed by atoms with Crippen LogP contribution in [0.15, 0.2) is 22.3 Å². The summed E-state index contributed by atoms with van der Waals surface area (Å²) in [4.78, 5) is 25.8. The Morgan fingerprint density at radius 2 is 2.00 bits per heavy atom. The van der Waals surface area contributed by atoms with E-state index in [2.05, 4.69) is 10.4 Å². The Kier molecular flexibility index (Phi) is 6.63. The molecule has 1 amide bonds. The lowest BCUT2D eigenvalue weighted by atomic mass is 9.95. The third-order valence-electron chi connectivity index (χ3n) is 6.07. The van der Waals surface area contributed by atoms with E-state index in [1.54, 1.807) is 0 Å². The summed E-state index contributed by atoms with van der Waals surface area (Å²) in [6.45, 7) is 0.626. The van der Waals surface area contributed by atoms with Crippen molar-refractivity contribution in [1.29, 1.82) is 0 Å². The molecule has 1 aliphatic carbocycles. The second-order valence-electron chi connectivity index (χ2n) is 8.45. The summed E-state index contributed by atoms with van der Waals surface area (Å²) in [6, 6.07) is 3.85. The van der Waals surface area contributed by atoms with Crippen molar-refractivity contribution in [3.8, 4) is 5.00 Å². The first-order chi connectivity index (χ1) is 14.8. The Balaban J connectivity index is 1.61. The van der Waals surface area contributed by atoms with Gasteiger partial charge in [-0.1, -0.05) is 19.3 Å². The topological polar surface area (TPSA) is 106 Å². The van der Waals surface area contributed by atoms with E-state index >= 15 is 0 Å². The Morgan fingerprint density at radius 3 is 2.68 bits per heavy atom. The molecule has 2 aromatic rings. The summed E-state index contributed by atoms with van der Waals surface area (Å²) in [5.41, 5.74) is -0.368. The van der Waals surface area contributed by atoms with Crippen molar-refractivity contribution in [3.63, 3.8) is 0 Å². The fraction of sp³-hybridized carbons (Fsp3) is 0.650. The van der Waals surface area contributed by atoms with Gasteiger partial charge in [-0.2, -0.15) is 5.10 Å². The molecule has 1 N–H and O–H groups in total. The summed E-state index contributed by atoms with van der Waals surface area (Å²) in [6.07, 6.45) is 8.01. The molecule has 9 nitrogen and oxygen atoms in total.